The van der Waals surface area contributed by atoms with Crippen LogP contribution in [0.15, 0.2) is 66.2 Å². The summed E-state index contributed by atoms with van der Waals surface area (Å²) in [5.41, 5.74) is 3.37. The average molecular weight is 512 g/mol. The van der Waals surface area contributed by atoms with E-state index in [1.54, 1.807) is 13.3 Å². The van der Waals surface area contributed by atoms with Crippen molar-refractivity contribution in [2.45, 2.75) is 84.9 Å². The van der Waals surface area contributed by atoms with Crippen molar-refractivity contribution in [2.75, 3.05) is 0 Å². The molecule has 1 nitrogen and oxygen atoms in total. The molecule has 1 N–H and O–H groups in total. The number of hydrogen-bond acceptors (Lipinski definition) is 1. The zero-order chi connectivity index (χ0) is 21.6. The Bertz CT molecular complexity index is 704. The van der Waals surface area contributed by atoms with Crippen LogP contribution >= 0.6 is 0 Å². The summed E-state index contributed by atoms with van der Waals surface area (Å²) in [7, 11) is 0. The van der Waals surface area contributed by atoms with Crippen molar-refractivity contribution < 1.29 is 5.11 Å². The molecule has 3 rings (SSSR count). The van der Waals surface area contributed by atoms with Crippen LogP contribution in [-0.4, -0.2) is 24.9 Å². The summed E-state index contributed by atoms with van der Waals surface area (Å²) in [4.78, 5) is 0. The fourth-order valence-corrected chi connectivity index (χ4v) is 13.3. The van der Waals surface area contributed by atoms with Gasteiger partial charge < -0.3 is 5.11 Å². The molecular weight excluding hydrogens is 471 g/mol. The van der Waals surface area contributed by atoms with Crippen molar-refractivity contribution >= 4 is 25.5 Å². The minimum absolute atomic E-state index is 0.413. The molecule has 1 radical (unpaired) electrons. The Morgan fingerprint density at radius 1 is 0.767 bits per heavy atom. The van der Waals surface area contributed by atoms with Gasteiger partial charge in [0.15, 0.2) is 0 Å². The SMILES string of the molecule is CCC[CH2][Sn]([CH2]CCC)[CH2]CCC.O/C(=C1/CC1c1ccccc1)c1ccccc1. The van der Waals surface area contributed by atoms with Crippen molar-refractivity contribution in [3.63, 3.8) is 0 Å². The smallest absolute Gasteiger partial charge is 0.122 e. The largest absolute Gasteiger partial charge is 0.507 e. The Hall–Kier alpha value is -1.22. The predicted molar refractivity (Wildman–Crippen MR) is 135 cm³/mol. The van der Waals surface area contributed by atoms with Crippen molar-refractivity contribution in [1.29, 1.82) is 0 Å². The fourth-order valence-electron chi connectivity index (χ4n) is 3.86. The predicted octanol–water partition coefficient (Wildman–Crippen LogP) is 9.02. The topological polar surface area (TPSA) is 20.2 Å². The van der Waals surface area contributed by atoms with Gasteiger partial charge in [0.1, 0.15) is 5.76 Å². The van der Waals surface area contributed by atoms with Gasteiger partial charge in [-0.25, -0.2) is 0 Å². The van der Waals surface area contributed by atoms with Crippen LogP contribution in [-0.2, 0) is 0 Å². The second-order valence-electron chi connectivity index (χ2n) is 8.47. The molecule has 163 valence electrons. The molecule has 0 aliphatic heterocycles. The van der Waals surface area contributed by atoms with Gasteiger partial charge in [-0.2, -0.15) is 0 Å². The summed E-state index contributed by atoms with van der Waals surface area (Å²) in [5, 5.41) is 10.2. The van der Waals surface area contributed by atoms with Gasteiger partial charge in [-0.05, 0) is 17.6 Å². The Labute approximate surface area is 192 Å². The van der Waals surface area contributed by atoms with Gasteiger partial charge in [-0.1, -0.05) is 60.7 Å². The monoisotopic (exact) mass is 513 g/mol. The number of rotatable bonds is 11. The molecule has 1 aliphatic carbocycles. The van der Waals surface area contributed by atoms with Crippen LogP contribution in [0, 0.1) is 0 Å². The van der Waals surface area contributed by atoms with Crippen LogP contribution < -0.4 is 0 Å². The van der Waals surface area contributed by atoms with Crippen LogP contribution in [0.4, 0.5) is 0 Å². The minimum Gasteiger partial charge on any atom is -0.507 e. The molecule has 0 spiro atoms. The molecule has 1 fully saturated rings. The Kier molecular flexibility index (Phi) is 12.3. The van der Waals surface area contributed by atoms with Gasteiger partial charge in [0, 0.05) is 11.5 Å². The first-order valence-electron chi connectivity index (χ1n) is 12.1. The number of aliphatic hydroxyl groups is 1. The molecule has 0 bridgehead atoms. The Morgan fingerprint density at radius 2 is 1.23 bits per heavy atom. The Balaban J connectivity index is 0.000000224. The van der Waals surface area contributed by atoms with Crippen LogP contribution in [0.1, 0.15) is 82.8 Å². The number of benzene rings is 2. The molecule has 1 unspecified atom stereocenters. The zero-order valence-corrected chi connectivity index (χ0v) is 22.2. The molecule has 2 aromatic rings. The first-order chi connectivity index (χ1) is 14.7. The molecule has 0 amide bonds. The van der Waals surface area contributed by atoms with Crippen LogP contribution in [0.2, 0.25) is 13.3 Å². The summed E-state index contributed by atoms with van der Waals surface area (Å²) >= 11 is -0.839. The molecule has 0 saturated heterocycles. The van der Waals surface area contributed by atoms with E-state index in [0.717, 1.165) is 17.6 Å². The molecular formula is C28H41OSn. The summed E-state index contributed by atoms with van der Waals surface area (Å²) in [6.07, 6.45) is 9.82. The third-order valence-corrected chi connectivity index (χ3v) is 15.0. The normalized spacial score (nSPS) is 16.7. The van der Waals surface area contributed by atoms with Crippen LogP contribution in [0.25, 0.3) is 5.76 Å². The third-order valence-electron chi connectivity index (χ3n) is 5.89. The van der Waals surface area contributed by atoms with E-state index in [4.69, 9.17) is 0 Å². The summed E-state index contributed by atoms with van der Waals surface area (Å²) in [6, 6.07) is 20.1. The fraction of sp³-hybridized carbons (Fsp3) is 0.500. The number of allylic oxidation sites excluding steroid dienone is 1. The third kappa shape index (κ3) is 8.88. The quantitative estimate of drug-likeness (QED) is 0.235. The average Bonchev–Trinajstić information content (AvgIpc) is 3.61. The van der Waals surface area contributed by atoms with Gasteiger partial charge in [-0.15, -0.1) is 0 Å². The number of aliphatic hydroxyl groups excluding tert-OH is 1. The summed E-state index contributed by atoms with van der Waals surface area (Å²) in [6.45, 7) is 7.00. The van der Waals surface area contributed by atoms with Crippen LogP contribution in [0.3, 0.4) is 0 Å². The second kappa shape index (κ2) is 14.7. The second-order valence-corrected chi connectivity index (χ2v) is 17.0. The van der Waals surface area contributed by atoms with Crippen molar-refractivity contribution in [3.8, 4) is 0 Å². The van der Waals surface area contributed by atoms with E-state index in [-0.39, 0.29) is 0 Å². The molecule has 1 saturated carbocycles. The van der Waals surface area contributed by atoms with E-state index < -0.39 is 19.8 Å². The molecule has 30 heavy (non-hydrogen) atoms. The van der Waals surface area contributed by atoms with Crippen molar-refractivity contribution in [1.82, 2.24) is 0 Å². The number of hydrogen-bond donors (Lipinski definition) is 1. The van der Waals surface area contributed by atoms with Gasteiger partial charge in [0.2, 0.25) is 0 Å². The summed E-state index contributed by atoms with van der Waals surface area (Å²) in [5.74, 6) is 0.871. The first-order valence-corrected chi connectivity index (χ1v) is 18.1. The molecule has 1 atom stereocenters. The molecule has 1 aliphatic rings. The molecule has 2 heteroatoms. The van der Waals surface area contributed by atoms with E-state index in [1.807, 2.05) is 48.5 Å². The van der Waals surface area contributed by atoms with Crippen LogP contribution in [0.5, 0.6) is 0 Å². The van der Waals surface area contributed by atoms with Gasteiger partial charge >= 0.3 is 92.4 Å². The number of unbranched alkanes of at least 4 members (excludes halogenated alkanes) is 3. The maximum Gasteiger partial charge on any atom is 0.122 e. The van der Waals surface area contributed by atoms with Crippen molar-refractivity contribution in [2.24, 2.45) is 0 Å². The van der Waals surface area contributed by atoms with Gasteiger partial charge in [-0.3, -0.25) is 0 Å². The van der Waals surface area contributed by atoms with Gasteiger partial charge in [0.05, 0.1) is 0 Å². The summed E-state index contributed by atoms with van der Waals surface area (Å²) < 4.78 is 5.04. The maximum atomic E-state index is 10.2. The van der Waals surface area contributed by atoms with E-state index in [9.17, 15) is 5.11 Å². The van der Waals surface area contributed by atoms with Crippen molar-refractivity contribution in [3.05, 3.63) is 77.4 Å². The molecule has 0 aromatic heterocycles. The maximum absolute atomic E-state index is 10.2. The standard InChI is InChI=1S/C16H14O.3C4H9.Sn/c17-16(13-9-5-2-6-10-13)15-11-14(15)12-7-3-1-4-8-12;3*1-3-4-2;/h1-10,14,17H,11H2;3*1,3-4H2,2H3;/b16-15-;;;;. The zero-order valence-electron chi connectivity index (χ0n) is 19.4. The minimum atomic E-state index is -0.839. The first kappa shape index (κ1) is 25.0. The molecule has 2 aromatic carbocycles. The van der Waals surface area contributed by atoms with E-state index in [1.165, 1.54) is 44.1 Å². The van der Waals surface area contributed by atoms with E-state index in [0.29, 0.717) is 11.7 Å². The van der Waals surface area contributed by atoms with Gasteiger partial charge in [0.25, 0.3) is 0 Å². The van der Waals surface area contributed by atoms with E-state index >= 15 is 0 Å². The molecule has 0 heterocycles. The van der Waals surface area contributed by atoms with E-state index in [2.05, 4.69) is 32.9 Å². The Morgan fingerprint density at radius 3 is 1.70 bits per heavy atom.